The molecule has 0 spiro atoms. The van der Waals surface area contributed by atoms with E-state index in [0.29, 0.717) is 46.2 Å². The van der Waals surface area contributed by atoms with Gasteiger partial charge in [0.25, 0.3) is 0 Å². The van der Waals surface area contributed by atoms with Crippen molar-refractivity contribution in [1.29, 1.82) is 0 Å². The minimum Gasteiger partial charge on any atom is -0.497 e. The summed E-state index contributed by atoms with van der Waals surface area (Å²) < 4.78 is 19.4. The summed E-state index contributed by atoms with van der Waals surface area (Å²) in [5.41, 5.74) is 6.27. The van der Waals surface area contributed by atoms with Crippen LogP contribution >= 0.6 is 0 Å². The van der Waals surface area contributed by atoms with Crippen molar-refractivity contribution in [2.45, 2.75) is 13.3 Å². The lowest BCUT2D eigenvalue weighted by molar-refractivity contribution is -0.115. The third-order valence-electron chi connectivity index (χ3n) is 6.24. The Kier molecular flexibility index (Phi) is 5.76. The third kappa shape index (κ3) is 4.21. The molecule has 0 atom stereocenters. The van der Waals surface area contributed by atoms with Gasteiger partial charge in [0, 0.05) is 41.4 Å². The Morgan fingerprint density at radius 1 is 1.00 bits per heavy atom. The van der Waals surface area contributed by atoms with E-state index in [4.69, 9.17) is 9.72 Å². The number of methoxy groups -OCH3 is 1. The number of hydrogen-bond donors (Lipinski definition) is 3. The monoisotopic (exact) mass is 507 g/mol. The van der Waals surface area contributed by atoms with Crippen LogP contribution in [0, 0.1) is 5.82 Å². The van der Waals surface area contributed by atoms with E-state index in [9.17, 15) is 9.18 Å². The Bertz CT molecular complexity index is 1830. The molecule has 0 aliphatic rings. The molecule has 3 N–H and O–H groups in total. The number of benzene rings is 2. The average molecular weight is 508 g/mol. The van der Waals surface area contributed by atoms with E-state index in [-0.39, 0.29) is 5.91 Å². The number of carbonyl (C=O) groups is 1. The maximum Gasteiger partial charge on any atom is 0.224 e. The lowest BCUT2D eigenvalue weighted by Crippen LogP contribution is -2.09. The number of rotatable bonds is 6. The summed E-state index contributed by atoms with van der Waals surface area (Å²) in [5, 5.41) is 11.3. The number of hydrogen-bond acceptors (Lipinski definition) is 6. The molecular formula is C28H22FN7O2. The van der Waals surface area contributed by atoms with Crippen molar-refractivity contribution in [3.63, 3.8) is 0 Å². The molecule has 2 aromatic carbocycles. The summed E-state index contributed by atoms with van der Waals surface area (Å²) in [5.74, 6) is 0.441. The fraction of sp³-hybridized carbons (Fsp3) is 0.107. The zero-order valence-corrected chi connectivity index (χ0v) is 20.5. The van der Waals surface area contributed by atoms with Gasteiger partial charge >= 0.3 is 0 Å². The van der Waals surface area contributed by atoms with E-state index in [0.717, 1.165) is 27.5 Å². The van der Waals surface area contributed by atoms with Gasteiger partial charge in [-0.3, -0.25) is 19.9 Å². The van der Waals surface area contributed by atoms with Gasteiger partial charge in [0.1, 0.15) is 22.8 Å². The van der Waals surface area contributed by atoms with Gasteiger partial charge in [0.15, 0.2) is 5.82 Å². The van der Waals surface area contributed by atoms with Crippen LogP contribution in [-0.4, -0.2) is 43.2 Å². The predicted molar refractivity (Wildman–Crippen MR) is 143 cm³/mol. The molecule has 0 radical (unpaired) electrons. The Labute approximate surface area is 216 Å². The van der Waals surface area contributed by atoms with Crippen LogP contribution in [0.3, 0.4) is 0 Å². The highest BCUT2D eigenvalue weighted by Gasteiger charge is 2.17. The quantitative estimate of drug-likeness (QED) is 0.265. The minimum atomic E-state index is -0.424. The first-order valence-corrected chi connectivity index (χ1v) is 12.0. The maximum absolute atomic E-state index is 14.2. The van der Waals surface area contributed by atoms with E-state index >= 15 is 0 Å². The highest BCUT2D eigenvalue weighted by molar-refractivity contribution is 5.98. The van der Waals surface area contributed by atoms with Crippen molar-refractivity contribution in [3.8, 4) is 39.7 Å². The third-order valence-corrected chi connectivity index (χ3v) is 6.24. The first-order valence-electron chi connectivity index (χ1n) is 12.0. The smallest absolute Gasteiger partial charge is 0.224 e. The van der Waals surface area contributed by atoms with Crippen LogP contribution in [0.25, 0.3) is 55.8 Å². The minimum absolute atomic E-state index is 0.0769. The molecule has 188 valence electrons. The van der Waals surface area contributed by atoms with Gasteiger partial charge in [-0.15, -0.1) is 0 Å². The number of carbonyl (C=O) groups excluding carboxylic acids is 1. The number of anilines is 1. The molecule has 9 nitrogen and oxygen atoms in total. The molecule has 6 rings (SSSR count). The Morgan fingerprint density at radius 3 is 2.74 bits per heavy atom. The molecule has 4 heterocycles. The summed E-state index contributed by atoms with van der Waals surface area (Å²) in [7, 11) is 1.49. The summed E-state index contributed by atoms with van der Waals surface area (Å²) in [4.78, 5) is 28.7. The molecular weight excluding hydrogens is 485 g/mol. The second-order valence-corrected chi connectivity index (χ2v) is 8.72. The van der Waals surface area contributed by atoms with Crippen molar-refractivity contribution in [3.05, 3.63) is 72.9 Å². The van der Waals surface area contributed by atoms with Crippen molar-refractivity contribution in [2.24, 2.45) is 0 Å². The molecule has 0 saturated heterocycles. The second-order valence-electron chi connectivity index (χ2n) is 8.72. The molecule has 0 aliphatic carbocycles. The average Bonchev–Trinajstić information content (AvgIpc) is 3.56. The second kappa shape index (κ2) is 9.40. The lowest BCUT2D eigenvalue weighted by Gasteiger charge is -2.06. The number of aromatic amines is 2. The number of ether oxygens (including phenoxy) is 1. The zero-order chi connectivity index (χ0) is 26.2. The Morgan fingerprint density at radius 2 is 1.89 bits per heavy atom. The fourth-order valence-electron chi connectivity index (χ4n) is 4.37. The van der Waals surface area contributed by atoms with Crippen LogP contribution in [0.5, 0.6) is 5.75 Å². The standard InChI is InChI=1S/C28H22FN7O2/c1-3-24(37)32-19-9-17(13-30-14-19)15-4-5-22-21(11-15)26(36-35-22)28-33-23-6-7-31-25(27(23)34-28)16-8-18(29)12-20(10-16)38-2/h4-14H,3H2,1-2H3,(H,32,37)(H,33,34)(H,35,36). The molecule has 0 bridgehead atoms. The van der Waals surface area contributed by atoms with Gasteiger partial charge in [0.2, 0.25) is 5.91 Å². The number of imidazole rings is 1. The largest absolute Gasteiger partial charge is 0.497 e. The molecule has 38 heavy (non-hydrogen) atoms. The predicted octanol–water partition coefficient (Wildman–Crippen LogP) is 5.73. The summed E-state index contributed by atoms with van der Waals surface area (Å²) in [6, 6.07) is 14.0. The number of halogens is 1. The van der Waals surface area contributed by atoms with Crippen LogP contribution in [-0.2, 0) is 4.79 Å². The van der Waals surface area contributed by atoms with Gasteiger partial charge in [-0.25, -0.2) is 9.37 Å². The number of aromatic nitrogens is 6. The first kappa shape index (κ1) is 23.3. The summed E-state index contributed by atoms with van der Waals surface area (Å²) in [6.07, 6.45) is 5.40. The fourth-order valence-corrected chi connectivity index (χ4v) is 4.37. The number of fused-ring (bicyclic) bond motifs is 2. The van der Waals surface area contributed by atoms with E-state index in [2.05, 4.69) is 30.5 Å². The van der Waals surface area contributed by atoms with E-state index in [1.807, 2.05) is 30.3 Å². The Hall–Kier alpha value is -5.12. The summed E-state index contributed by atoms with van der Waals surface area (Å²) in [6.45, 7) is 1.80. The molecule has 6 aromatic rings. The molecule has 10 heteroatoms. The number of pyridine rings is 2. The van der Waals surface area contributed by atoms with Crippen molar-refractivity contribution in [1.82, 2.24) is 30.1 Å². The zero-order valence-electron chi connectivity index (χ0n) is 20.5. The van der Waals surface area contributed by atoms with Crippen LogP contribution < -0.4 is 10.1 Å². The summed E-state index contributed by atoms with van der Waals surface area (Å²) >= 11 is 0. The van der Waals surface area contributed by atoms with E-state index in [1.165, 1.54) is 19.2 Å². The van der Waals surface area contributed by atoms with Crippen molar-refractivity contribution < 1.29 is 13.9 Å². The van der Waals surface area contributed by atoms with Gasteiger partial charge in [0.05, 0.1) is 35.7 Å². The van der Waals surface area contributed by atoms with Gasteiger partial charge < -0.3 is 15.0 Å². The number of nitrogens with zero attached hydrogens (tertiary/aromatic N) is 4. The highest BCUT2D eigenvalue weighted by Crippen LogP contribution is 2.33. The Balaban J connectivity index is 1.43. The maximum atomic E-state index is 14.2. The number of nitrogens with one attached hydrogen (secondary N) is 3. The van der Waals surface area contributed by atoms with Crippen LogP contribution in [0.4, 0.5) is 10.1 Å². The van der Waals surface area contributed by atoms with Crippen LogP contribution in [0.1, 0.15) is 13.3 Å². The number of amides is 1. The van der Waals surface area contributed by atoms with Crippen LogP contribution in [0.15, 0.2) is 67.1 Å². The molecule has 0 fully saturated rings. The van der Waals surface area contributed by atoms with E-state index in [1.54, 1.807) is 31.6 Å². The van der Waals surface area contributed by atoms with Crippen molar-refractivity contribution >= 4 is 33.5 Å². The van der Waals surface area contributed by atoms with Crippen molar-refractivity contribution in [2.75, 3.05) is 12.4 Å². The van der Waals surface area contributed by atoms with Gasteiger partial charge in [-0.1, -0.05) is 13.0 Å². The molecule has 0 unspecified atom stereocenters. The molecule has 0 saturated carbocycles. The van der Waals surface area contributed by atoms with E-state index < -0.39 is 5.82 Å². The first-order chi connectivity index (χ1) is 18.5. The lowest BCUT2D eigenvalue weighted by atomic mass is 10.0. The molecule has 4 aromatic heterocycles. The van der Waals surface area contributed by atoms with Gasteiger partial charge in [-0.2, -0.15) is 5.10 Å². The van der Waals surface area contributed by atoms with Gasteiger partial charge in [-0.05, 0) is 42.0 Å². The number of H-pyrrole nitrogens is 2. The molecule has 0 aliphatic heterocycles. The topological polar surface area (TPSA) is 121 Å². The SMILES string of the molecule is CCC(=O)Nc1cncc(-c2ccc3[nH]nc(-c4nc5c(-c6cc(F)cc(OC)c6)nccc5[nH]4)c3c2)c1. The molecule has 1 amide bonds. The normalized spacial score (nSPS) is 11.2. The van der Waals surface area contributed by atoms with Crippen LogP contribution in [0.2, 0.25) is 0 Å². The highest BCUT2D eigenvalue weighted by atomic mass is 19.1.